The van der Waals surface area contributed by atoms with E-state index in [2.05, 4.69) is 10.2 Å². The molecule has 86 valence electrons. The first-order chi connectivity index (χ1) is 7.13. The van der Waals surface area contributed by atoms with Crippen LogP contribution in [0.25, 0.3) is 0 Å². The van der Waals surface area contributed by atoms with Crippen molar-refractivity contribution in [1.82, 2.24) is 10.2 Å². The molecule has 3 atom stereocenters. The van der Waals surface area contributed by atoms with Gasteiger partial charge in [-0.25, -0.2) is 4.79 Å². The molecular formula is C11H20N2O2. The first-order valence-electron chi connectivity index (χ1n) is 5.85. The first kappa shape index (κ1) is 10.7. The molecule has 2 fully saturated rings. The quantitative estimate of drug-likeness (QED) is 0.743. The van der Waals surface area contributed by atoms with Gasteiger partial charge in [0.25, 0.3) is 0 Å². The molecule has 1 aliphatic carbocycles. The van der Waals surface area contributed by atoms with Gasteiger partial charge >= 0.3 is 6.09 Å². The van der Waals surface area contributed by atoms with Crippen LogP contribution in [0.5, 0.6) is 0 Å². The summed E-state index contributed by atoms with van der Waals surface area (Å²) in [7, 11) is 0. The van der Waals surface area contributed by atoms with Crippen molar-refractivity contribution in [2.24, 2.45) is 11.8 Å². The van der Waals surface area contributed by atoms with Crippen LogP contribution in [0.15, 0.2) is 0 Å². The Labute approximate surface area is 90.6 Å². The third-order valence-corrected chi connectivity index (χ3v) is 3.58. The van der Waals surface area contributed by atoms with E-state index in [0.717, 1.165) is 18.4 Å². The van der Waals surface area contributed by atoms with Crippen LogP contribution in [0.4, 0.5) is 4.79 Å². The Balaban J connectivity index is 1.77. The zero-order valence-corrected chi connectivity index (χ0v) is 9.28. The topological polar surface area (TPSA) is 52.6 Å². The second-order valence-electron chi connectivity index (χ2n) is 5.11. The molecule has 0 spiro atoms. The smallest absolute Gasteiger partial charge is 0.404 e. The summed E-state index contributed by atoms with van der Waals surface area (Å²) in [5.74, 6) is 1.75. The van der Waals surface area contributed by atoms with E-state index in [1.54, 1.807) is 0 Å². The summed E-state index contributed by atoms with van der Waals surface area (Å²) in [6, 6.07) is 0.0417. The summed E-state index contributed by atoms with van der Waals surface area (Å²) in [4.78, 5) is 12.9. The molecule has 2 bridgehead atoms. The number of hydrogen-bond acceptors (Lipinski definition) is 2. The van der Waals surface area contributed by atoms with Gasteiger partial charge in [0.1, 0.15) is 0 Å². The van der Waals surface area contributed by atoms with E-state index in [9.17, 15) is 4.79 Å². The number of nitrogens with one attached hydrogen (secondary N) is 1. The number of piperidine rings is 1. The zero-order valence-electron chi connectivity index (χ0n) is 9.28. The lowest BCUT2D eigenvalue weighted by atomic mass is 9.98. The number of carbonyl (C=O) groups is 1. The average molecular weight is 212 g/mol. The lowest BCUT2D eigenvalue weighted by Crippen LogP contribution is -2.45. The minimum atomic E-state index is -0.914. The highest BCUT2D eigenvalue weighted by molar-refractivity contribution is 5.64. The molecular weight excluding hydrogens is 192 g/mol. The van der Waals surface area contributed by atoms with Gasteiger partial charge in [-0.2, -0.15) is 0 Å². The van der Waals surface area contributed by atoms with Gasteiger partial charge in [0.2, 0.25) is 0 Å². The molecule has 1 aliphatic heterocycles. The third-order valence-electron chi connectivity index (χ3n) is 3.58. The maximum atomic E-state index is 10.5. The van der Waals surface area contributed by atoms with E-state index in [1.807, 2.05) is 6.92 Å². The Morgan fingerprint density at radius 2 is 2.07 bits per heavy atom. The molecule has 0 aromatic rings. The number of nitrogens with zero attached hydrogens (tertiary/aromatic N) is 1. The molecule has 2 N–H and O–H groups in total. The highest BCUT2D eigenvalue weighted by Gasteiger charge is 2.33. The Morgan fingerprint density at radius 1 is 1.47 bits per heavy atom. The molecule has 1 saturated heterocycles. The van der Waals surface area contributed by atoms with Gasteiger partial charge < -0.3 is 15.3 Å². The van der Waals surface area contributed by atoms with Crippen molar-refractivity contribution in [1.29, 1.82) is 0 Å². The normalized spacial score (nSPS) is 32.6. The van der Waals surface area contributed by atoms with Gasteiger partial charge in [-0.3, -0.25) is 0 Å². The van der Waals surface area contributed by atoms with Crippen LogP contribution in [0.2, 0.25) is 0 Å². The van der Waals surface area contributed by atoms with Gasteiger partial charge in [0.15, 0.2) is 0 Å². The Hall–Kier alpha value is -0.770. The number of likely N-dealkylation sites (tertiary alicyclic amines) is 1. The number of fused-ring (bicyclic) bond motifs is 2. The monoisotopic (exact) mass is 212 g/mol. The number of amides is 1. The predicted octanol–water partition coefficient (Wildman–Crippen LogP) is 1.37. The van der Waals surface area contributed by atoms with E-state index in [0.29, 0.717) is 0 Å². The van der Waals surface area contributed by atoms with Crippen LogP contribution in [0, 0.1) is 11.8 Å². The van der Waals surface area contributed by atoms with Crippen LogP contribution in [0.1, 0.15) is 26.2 Å². The standard InChI is InChI=1S/C11H20N2O2/c1-8(12-11(14)15)5-13-6-9-2-3-10(4-9)7-13/h8-10,12H,2-7H2,1H3,(H,14,15)/t8?,9-,10+. The molecule has 1 unspecified atom stereocenters. The van der Waals surface area contributed by atoms with Crippen molar-refractivity contribution in [3.05, 3.63) is 0 Å². The van der Waals surface area contributed by atoms with Crippen LogP contribution >= 0.6 is 0 Å². The van der Waals surface area contributed by atoms with Gasteiger partial charge in [-0.05, 0) is 38.0 Å². The minimum absolute atomic E-state index is 0.0417. The van der Waals surface area contributed by atoms with Crippen LogP contribution in [0.3, 0.4) is 0 Å². The highest BCUT2D eigenvalue weighted by Crippen LogP contribution is 2.36. The molecule has 0 aromatic carbocycles. The summed E-state index contributed by atoms with van der Waals surface area (Å²) in [5, 5.41) is 11.1. The third kappa shape index (κ3) is 2.84. The van der Waals surface area contributed by atoms with Gasteiger partial charge in [0, 0.05) is 25.7 Å². The van der Waals surface area contributed by atoms with Crippen molar-refractivity contribution >= 4 is 6.09 Å². The molecule has 1 amide bonds. The number of rotatable bonds is 3. The molecule has 2 rings (SSSR count). The summed E-state index contributed by atoms with van der Waals surface area (Å²) in [6.45, 7) is 5.13. The van der Waals surface area contributed by atoms with E-state index < -0.39 is 6.09 Å². The SMILES string of the molecule is CC(CN1C[C@@H]2CC[C@@H](C2)C1)NC(=O)O. The molecule has 4 nitrogen and oxygen atoms in total. The fraction of sp³-hybridized carbons (Fsp3) is 0.909. The molecule has 1 heterocycles. The van der Waals surface area contributed by atoms with E-state index >= 15 is 0 Å². The number of carboxylic acid groups (broad SMARTS) is 1. The van der Waals surface area contributed by atoms with E-state index in [1.165, 1.54) is 32.4 Å². The minimum Gasteiger partial charge on any atom is -0.465 e. The molecule has 4 heteroatoms. The van der Waals surface area contributed by atoms with Crippen LogP contribution < -0.4 is 5.32 Å². The molecule has 0 radical (unpaired) electrons. The van der Waals surface area contributed by atoms with Gasteiger partial charge in [-0.1, -0.05) is 0 Å². The van der Waals surface area contributed by atoms with Crippen molar-refractivity contribution in [3.8, 4) is 0 Å². The largest absolute Gasteiger partial charge is 0.465 e. The maximum absolute atomic E-state index is 10.5. The molecule has 0 aromatic heterocycles. The van der Waals surface area contributed by atoms with E-state index in [4.69, 9.17) is 5.11 Å². The predicted molar refractivity (Wildman–Crippen MR) is 57.9 cm³/mol. The van der Waals surface area contributed by atoms with Crippen molar-refractivity contribution in [2.75, 3.05) is 19.6 Å². The number of hydrogen-bond donors (Lipinski definition) is 2. The van der Waals surface area contributed by atoms with Gasteiger partial charge in [0.05, 0.1) is 0 Å². The lowest BCUT2D eigenvalue weighted by Gasteiger charge is -2.33. The lowest BCUT2D eigenvalue weighted by molar-refractivity contribution is 0.149. The second kappa shape index (κ2) is 4.39. The average Bonchev–Trinajstić information content (AvgIpc) is 2.44. The van der Waals surface area contributed by atoms with Crippen LogP contribution in [-0.4, -0.2) is 41.8 Å². The van der Waals surface area contributed by atoms with Crippen molar-refractivity contribution < 1.29 is 9.90 Å². The van der Waals surface area contributed by atoms with Crippen molar-refractivity contribution in [3.63, 3.8) is 0 Å². The van der Waals surface area contributed by atoms with E-state index in [-0.39, 0.29) is 6.04 Å². The Morgan fingerprint density at radius 3 is 2.60 bits per heavy atom. The maximum Gasteiger partial charge on any atom is 0.404 e. The molecule has 2 aliphatic rings. The summed E-state index contributed by atoms with van der Waals surface area (Å²) < 4.78 is 0. The summed E-state index contributed by atoms with van der Waals surface area (Å²) >= 11 is 0. The fourth-order valence-electron chi connectivity index (χ4n) is 3.11. The van der Waals surface area contributed by atoms with Gasteiger partial charge in [-0.15, -0.1) is 0 Å². The highest BCUT2D eigenvalue weighted by atomic mass is 16.4. The van der Waals surface area contributed by atoms with Crippen LogP contribution in [-0.2, 0) is 0 Å². The summed E-state index contributed by atoms with van der Waals surface area (Å²) in [5.41, 5.74) is 0. The fourth-order valence-corrected chi connectivity index (χ4v) is 3.11. The summed E-state index contributed by atoms with van der Waals surface area (Å²) in [6.07, 6.45) is 3.24. The Kier molecular flexibility index (Phi) is 3.14. The Bertz CT molecular complexity index is 233. The molecule has 15 heavy (non-hydrogen) atoms. The van der Waals surface area contributed by atoms with Crippen molar-refractivity contribution in [2.45, 2.75) is 32.2 Å². The second-order valence-corrected chi connectivity index (χ2v) is 5.11. The first-order valence-corrected chi connectivity index (χ1v) is 5.85. The zero-order chi connectivity index (χ0) is 10.8. The molecule has 1 saturated carbocycles.